The summed E-state index contributed by atoms with van der Waals surface area (Å²) in [4.78, 5) is 8.54. The summed E-state index contributed by atoms with van der Waals surface area (Å²) >= 11 is 1.14. The maximum Gasteiger partial charge on any atom is 0.196 e. The minimum atomic E-state index is -0.413. The van der Waals surface area contributed by atoms with Crippen LogP contribution in [0.15, 0.2) is 34.3 Å². The second-order valence-electron chi connectivity index (χ2n) is 3.32. The molecule has 5 nitrogen and oxygen atoms in total. The third-order valence-corrected chi connectivity index (χ3v) is 2.68. The minimum absolute atomic E-state index is 0.268. The van der Waals surface area contributed by atoms with Crippen LogP contribution in [0.1, 0.15) is 0 Å². The molecular weight excluding hydrogens is 241 g/mol. The highest BCUT2D eigenvalue weighted by molar-refractivity contribution is 7.99. The van der Waals surface area contributed by atoms with Crippen LogP contribution >= 0.6 is 11.8 Å². The van der Waals surface area contributed by atoms with E-state index in [1.54, 1.807) is 6.07 Å². The van der Waals surface area contributed by atoms with Gasteiger partial charge in [-0.2, -0.15) is 0 Å². The molecule has 0 atom stereocenters. The summed E-state index contributed by atoms with van der Waals surface area (Å²) in [7, 11) is 0. The van der Waals surface area contributed by atoms with E-state index in [-0.39, 0.29) is 11.6 Å². The number of nitrogens with two attached hydrogens (primary N) is 3. The fraction of sp³-hybridized carbons (Fsp3) is 0. The van der Waals surface area contributed by atoms with Crippen LogP contribution in [0.25, 0.3) is 0 Å². The Hall–Kier alpha value is -2.02. The topological polar surface area (TPSA) is 104 Å². The van der Waals surface area contributed by atoms with Crippen LogP contribution in [-0.2, 0) is 0 Å². The maximum absolute atomic E-state index is 13.1. The van der Waals surface area contributed by atoms with E-state index in [9.17, 15) is 4.39 Å². The van der Waals surface area contributed by atoms with E-state index in [1.165, 1.54) is 18.2 Å². The van der Waals surface area contributed by atoms with Gasteiger partial charge in [0.25, 0.3) is 0 Å². The van der Waals surface area contributed by atoms with Crippen molar-refractivity contribution in [2.24, 2.45) is 0 Å². The zero-order valence-corrected chi connectivity index (χ0v) is 9.54. The molecule has 0 aliphatic rings. The van der Waals surface area contributed by atoms with Crippen LogP contribution < -0.4 is 17.2 Å². The highest BCUT2D eigenvalue weighted by Gasteiger charge is 2.05. The van der Waals surface area contributed by atoms with Gasteiger partial charge in [-0.15, -0.1) is 0 Å². The van der Waals surface area contributed by atoms with Crippen molar-refractivity contribution >= 4 is 29.1 Å². The van der Waals surface area contributed by atoms with E-state index < -0.39 is 5.82 Å². The summed E-state index contributed by atoms with van der Waals surface area (Å²) in [5.41, 5.74) is 16.9. The Bertz CT molecular complexity index is 470. The Labute approximate surface area is 101 Å². The van der Waals surface area contributed by atoms with Gasteiger partial charge >= 0.3 is 0 Å². The van der Waals surface area contributed by atoms with E-state index in [0.29, 0.717) is 15.7 Å². The van der Waals surface area contributed by atoms with E-state index in [0.717, 1.165) is 11.8 Å². The minimum Gasteiger partial charge on any atom is -0.399 e. The number of hydrogen-bond acceptors (Lipinski definition) is 6. The number of aromatic nitrogens is 2. The van der Waals surface area contributed by atoms with Crippen LogP contribution in [-0.4, -0.2) is 9.97 Å². The average Bonchev–Trinajstić information content (AvgIpc) is 2.13. The monoisotopic (exact) mass is 251 g/mol. The second-order valence-corrected chi connectivity index (χ2v) is 4.36. The molecule has 1 heterocycles. The van der Waals surface area contributed by atoms with Crippen molar-refractivity contribution in [1.29, 1.82) is 0 Å². The fourth-order valence-corrected chi connectivity index (χ4v) is 2.14. The van der Waals surface area contributed by atoms with Crippen molar-refractivity contribution in [2.45, 2.75) is 10.1 Å². The predicted octanol–water partition coefficient (Wildman–Crippen LogP) is 1.51. The number of hydrogen-bond donors (Lipinski definition) is 3. The molecule has 0 bridgehead atoms. The molecule has 0 amide bonds. The Kier molecular flexibility index (Phi) is 3.01. The average molecular weight is 251 g/mol. The van der Waals surface area contributed by atoms with Crippen molar-refractivity contribution in [3.8, 4) is 0 Å². The standard InChI is InChI=1S/C10H10FN5S/c11-5-1-6(12)3-7(2-5)17-10-15-8(13)4-9(14)16-10/h1-4H,12H2,(H4,13,14,15,16). The van der Waals surface area contributed by atoms with Crippen molar-refractivity contribution in [2.75, 3.05) is 17.2 Å². The first-order chi connectivity index (χ1) is 8.02. The van der Waals surface area contributed by atoms with E-state index in [1.807, 2.05) is 0 Å². The van der Waals surface area contributed by atoms with Crippen LogP contribution in [0.4, 0.5) is 21.7 Å². The number of halogens is 1. The van der Waals surface area contributed by atoms with Crippen molar-refractivity contribution in [1.82, 2.24) is 9.97 Å². The first-order valence-electron chi connectivity index (χ1n) is 4.67. The number of rotatable bonds is 2. The summed E-state index contributed by atoms with van der Waals surface area (Å²) < 4.78 is 13.1. The molecule has 2 rings (SSSR count). The summed E-state index contributed by atoms with van der Waals surface area (Å²) in [6.45, 7) is 0. The van der Waals surface area contributed by atoms with E-state index in [2.05, 4.69) is 9.97 Å². The summed E-state index contributed by atoms with van der Waals surface area (Å²) in [5.74, 6) is 0.123. The van der Waals surface area contributed by atoms with Crippen molar-refractivity contribution in [3.63, 3.8) is 0 Å². The summed E-state index contributed by atoms with van der Waals surface area (Å²) in [5, 5.41) is 0.354. The zero-order chi connectivity index (χ0) is 12.4. The van der Waals surface area contributed by atoms with E-state index >= 15 is 0 Å². The smallest absolute Gasteiger partial charge is 0.196 e. The molecule has 0 saturated carbocycles. The van der Waals surface area contributed by atoms with Gasteiger partial charge in [-0.05, 0) is 30.0 Å². The van der Waals surface area contributed by atoms with Gasteiger partial charge in [-0.1, -0.05) is 0 Å². The SMILES string of the molecule is Nc1cc(F)cc(Sc2nc(N)cc(N)n2)c1. The molecule has 1 aromatic carbocycles. The van der Waals surface area contributed by atoms with E-state index in [4.69, 9.17) is 17.2 Å². The first-order valence-corrected chi connectivity index (χ1v) is 5.48. The van der Waals surface area contributed by atoms with Gasteiger partial charge in [0.15, 0.2) is 5.16 Å². The number of nitrogen functional groups attached to an aromatic ring is 3. The second kappa shape index (κ2) is 4.46. The molecule has 0 saturated heterocycles. The molecule has 2 aromatic rings. The maximum atomic E-state index is 13.1. The predicted molar refractivity (Wildman–Crippen MR) is 65.8 cm³/mol. The molecule has 17 heavy (non-hydrogen) atoms. The fourth-order valence-electron chi connectivity index (χ4n) is 1.26. The summed E-state index contributed by atoms with van der Waals surface area (Å²) in [6, 6.07) is 5.64. The Morgan fingerprint density at radius 3 is 2.18 bits per heavy atom. The number of benzene rings is 1. The Balaban J connectivity index is 2.31. The lowest BCUT2D eigenvalue weighted by Crippen LogP contribution is -1.99. The molecule has 0 fully saturated rings. The third-order valence-electron chi connectivity index (χ3n) is 1.85. The molecule has 1 aromatic heterocycles. The van der Waals surface area contributed by atoms with Gasteiger partial charge in [0.05, 0.1) is 0 Å². The van der Waals surface area contributed by atoms with Gasteiger partial charge in [-0.25, -0.2) is 14.4 Å². The zero-order valence-electron chi connectivity index (χ0n) is 8.72. The molecular formula is C10H10FN5S. The lowest BCUT2D eigenvalue weighted by molar-refractivity contribution is 0.625. The van der Waals surface area contributed by atoms with Gasteiger partial charge in [0, 0.05) is 16.6 Å². The lowest BCUT2D eigenvalue weighted by Gasteiger charge is -2.03. The quantitative estimate of drug-likeness (QED) is 0.552. The highest BCUT2D eigenvalue weighted by atomic mass is 32.2. The van der Waals surface area contributed by atoms with Crippen molar-refractivity contribution < 1.29 is 4.39 Å². The lowest BCUT2D eigenvalue weighted by atomic mass is 10.3. The normalized spacial score (nSPS) is 10.4. The van der Waals surface area contributed by atoms with Gasteiger partial charge in [0.2, 0.25) is 0 Å². The molecule has 0 spiro atoms. The van der Waals surface area contributed by atoms with Crippen LogP contribution in [0, 0.1) is 5.82 Å². The van der Waals surface area contributed by atoms with Crippen molar-refractivity contribution in [3.05, 3.63) is 30.1 Å². The van der Waals surface area contributed by atoms with Crippen LogP contribution in [0.5, 0.6) is 0 Å². The van der Waals surface area contributed by atoms with Gasteiger partial charge in [0.1, 0.15) is 17.5 Å². The van der Waals surface area contributed by atoms with Crippen LogP contribution in [0.2, 0.25) is 0 Å². The molecule has 0 aliphatic carbocycles. The molecule has 0 aliphatic heterocycles. The Morgan fingerprint density at radius 2 is 1.59 bits per heavy atom. The largest absolute Gasteiger partial charge is 0.399 e. The van der Waals surface area contributed by atoms with Crippen LogP contribution in [0.3, 0.4) is 0 Å². The van der Waals surface area contributed by atoms with Gasteiger partial charge in [-0.3, -0.25) is 0 Å². The number of nitrogens with zero attached hydrogens (tertiary/aromatic N) is 2. The third kappa shape index (κ3) is 2.97. The highest BCUT2D eigenvalue weighted by Crippen LogP contribution is 2.28. The Morgan fingerprint density at radius 1 is 0.941 bits per heavy atom. The van der Waals surface area contributed by atoms with Gasteiger partial charge < -0.3 is 17.2 Å². The molecule has 88 valence electrons. The molecule has 0 radical (unpaired) electrons. The number of anilines is 3. The summed E-state index contributed by atoms with van der Waals surface area (Å²) in [6.07, 6.45) is 0. The molecule has 6 N–H and O–H groups in total. The molecule has 0 unspecified atom stereocenters. The first kappa shape index (κ1) is 11.5. The molecule has 7 heteroatoms.